The van der Waals surface area contributed by atoms with Gasteiger partial charge in [0.15, 0.2) is 0 Å². The SMILES string of the molecule is c1ccc(-c2ccc3cc(N(c4ccc(-c5ccc(-c6ccc7ccccc7c6)cc5)cc4)c4cccc(-c5cccc6c5ccc5ccccc56)c4)ccc3c2)cc1. The van der Waals surface area contributed by atoms with Crippen molar-refractivity contribution in [2.24, 2.45) is 0 Å². The van der Waals surface area contributed by atoms with Gasteiger partial charge < -0.3 is 4.90 Å². The quantitative estimate of drug-likeness (QED) is 0.147. The van der Waals surface area contributed by atoms with E-state index in [4.69, 9.17) is 0 Å². The smallest absolute Gasteiger partial charge is 0.0468 e. The molecule has 0 saturated carbocycles. The van der Waals surface area contributed by atoms with E-state index in [1.54, 1.807) is 0 Å². The van der Waals surface area contributed by atoms with E-state index in [2.05, 4.69) is 241 Å². The van der Waals surface area contributed by atoms with Gasteiger partial charge in [-0.05, 0) is 136 Å². The summed E-state index contributed by atoms with van der Waals surface area (Å²) in [5.41, 5.74) is 13.0. The summed E-state index contributed by atoms with van der Waals surface area (Å²) in [5, 5.41) is 10.00. The zero-order valence-electron chi connectivity index (χ0n) is 32.5. The van der Waals surface area contributed by atoms with Crippen LogP contribution >= 0.6 is 0 Å². The fourth-order valence-corrected chi connectivity index (χ4v) is 8.76. The Morgan fingerprint density at radius 2 is 0.678 bits per heavy atom. The molecule has 11 aromatic carbocycles. The second-order valence-corrected chi connectivity index (χ2v) is 15.4. The van der Waals surface area contributed by atoms with Crippen LogP contribution in [0, 0.1) is 0 Å². The van der Waals surface area contributed by atoms with Crippen molar-refractivity contribution >= 4 is 60.2 Å². The molecule has 0 fully saturated rings. The van der Waals surface area contributed by atoms with Crippen molar-refractivity contribution in [3.8, 4) is 44.5 Å². The molecule has 0 saturated heterocycles. The summed E-state index contributed by atoms with van der Waals surface area (Å²) in [6, 6.07) is 86.3. The molecule has 0 aliphatic carbocycles. The third kappa shape index (κ3) is 6.49. The standard InChI is InChI=1S/C58H39N/c1-2-10-40(11-3-1)47-26-27-50-38-54(34-30-49(50)37-47)59(53-16-8-15-51(39-53)56-18-9-19-57-55-17-7-6-13-45(55)31-35-58(56)57)52-32-28-43(29-33-52)42-20-22-44(23-21-42)48-25-24-41-12-4-5-14-46(41)36-48/h1-39H. The normalized spacial score (nSPS) is 11.4. The number of hydrogen-bond donors (Lipinski definition) is 0. The maximum atomic E-state index is 2.39. The van der Waals surface area contributed by atoms with Crippen molar-refractivity contribution in [3.63, 3.8) is 0 Å². The largest absolute Gasteiger partial charge is 0.310 e. The predicted octanol–water partition coefficient (Wildman–Crippen LogP) is 16.4. The van der Waals surface area contributed by atoms with Crippen LogP contribution in [0.2, 0.25) is 0 Å². The van der Waals surface area contributed by atoms with Crippen LogP contribution in [-0.2, 0) is 0 Å². The van der Waals surface area contributed by atoms with Gasteiger partial charge in [0.25, 0.3) is 0 Å². The lowest BCUT2D eigenvalue weighted by Crippen LogP contribution is -2.10. The number of anilines is 3. The molecule has 0 bridgehead atoms. The van der Waals surface area contributed by atoms with Crippen molar-refractivity contribution in [2.45, 2.75) is 0 Å². The highest BCUT2D eigenvalue weighted by molar-refractivity contribution is 6.12. The van der Waals surface area contributed by atoms with Crippen LogP contribution in [0.1, 0.15) is 0 Å². The monoisotopic (exact) mass is 749 g/mol. The van der Waals surface area contributed by atoms with Crippen molar-refractivity contribution < 1.29 is 0 Å². The first-order chi connectivity index (χ1) is 29.2. The second kappa shape index (κ2) is 14.6. The van der Waals surface area contributed by atoms with Gasteiger partial charge in [0.2, 0.25) is 0 Å². The highest BCUT2D eigenvalue weighted by Gasteiger charge is 2.16. The van der Waals surface area contributed by atoms with Gasteiger partial charge in [0.1, 0.15) is 0 Å². The molecule has 0 amide bonds. The van der Waals surface area contributed by atoms with E-state index < -0.39 is 0 Å². The minimum atomic E-state index is 1.10. The van der Waals surface area contributed by atoms with E-state index >= 15 is 0 Å². The lowest BCUT2D eigenvalue weighted by atomic mass is 9.94. The average molecular weight is 750 g/mol. The van der Waals surface area contributed by atoms with Crippen LogP contribution in [0.25, 0.3) is 87.6 Å². The summed E-state index contributed by atoms with van der Waals surface area (Å²) in [7, 11) is 0. The Labute approximate surface area is 344 Å². The molecule has 1 nitrogen and oxygen atoms in total. The van der Waals surface area contributed by atoms with Gasteiger partial charge >= 0.3 is 0 Å². The van der Waals surface area contributed by atoms with E-state index in [1.807, 2.05) is 0 Å². The van der Waals surface area contributed by atoms with Crippen molar-refractivity contribution in [2.75, 3.05) is 4.90 Å². The molecule has 0 radical (unpaired) electrons. The zero-order valence-corrected chi connectivity index (χ0v) is 32.5. The number of rotatable bonds is 7. The Balaban J connectivity index is 0.984. The summed E-state index contributed by atoms with van der Waals surface area (Å²) in [6.07, 6.45) is 0. The average Bonchev–Trinajstić information content (AvgIpc) is 3.31. The van der Waals surface area contributed by atoms with Gasteiger partial charge in [-0.15, -0.1) is 0 Å². The molecule has 0 aliphatic heterocycles. The van der Waals surface area contributed by atoms with Crippen LogP contribution in [0.4, 0.5) is 17.1 Å². The van der Waals surface area contributed by atoms with Gasteiger partial charge in [-0.2, -0.15) is 0 Å². The first-order valence-corrected chi connectivity index (χ1v) is 20.3. The van der Waals surface area contributed by atoms with Gasteiger partial charge in [-0.1, -0.05) is 188 Å². The summed E-state index contributed by atoms with van der Waals surface area (Å²) in [5.74, 6) is 0. The van der Waals surface area contributed by atoms with Gasteiger partial charge in [-0.25, -0.2) is 0 Å². The van der Waals surface area contributed by atoms with E-state index in [9.17, 15) is 0 Å². The molecule has 0 spiro atoms. The molecule has 59 heavy (non-hydrogen) atoms. The van der Waals surface area contributed by atoms with E-state index in [0.717, 1.165) is 17.1 Å². The van der Waals surface area contributed by atoms with Gasteiger partial charge in [-0.3, -0.25) is 0 Å². The fraction of sp³-hybridized carbons (Fsp3) is 0. The molecule has 0 N–H and O–H groups in total. The molecule has 0 heterocycles. The molecule has 0 unspecified atom stereocenters. The minimum absolute atomic E-state index is 1.10. The molecular weight excluding hydrogens is 711 g/mol. The molecule has 11 rings (SSSR count). The van der Waals surface area contributed by atoms with Crippen LogP contribution in [-0.4, -0.2) is 0 Å². The summed E-state index contributed by atoms with van der Waals surface area (Å²) < 4.78 is 0. The molecule has 0 aliphatic rings. The van der Waals surface area contributed by atoms with Crippen LogP contribution in [0.15, 0.2) is 237 Å². The Hall–Kier alpha value is -7.74. The first-order valence-electron chi connectivity index (χ1n) is 20.3. The highest BCUT2D eigenvalue weighted by atomic mass is 15.1. The van der Waals surface area contributed by atoms with Crippen molar-refractivity contribution in [3.05, 3.63) is 237 Å². The van der Waals surface area contributed by atoms with Crippen LogP contribution in [0.3, 0.4) is 0 Å². The Kier molecular flexibility index (Phi) is 8.56. The third-order valence-corrected chi connectivity index (χ3v) is 11.8. The Morgan fingerprint density at radius 3 is 1.46 bits per heavy atom. The molecule has 0 aromatic heterocycles. The lowest BCUT2D eigenvalue weighted by Gasteiger charge is -2.27. The maximum Gasteiger partial charge on any atom is 0.0468 e. The fourth-order valence-electron chi connectivity index (χ4n) is 8.76. The van der Waals surface area contributed by atoms with E-state index in [0.29, 0.717) is 0 Å². The van der Waals surface area contributed by atoms with Gasteiger partial charge in [0, 0.05) is 17.1 Å². The summed E-state index contributed by atoms with van der Waals surface area (Å²) >= 11 is 0. The van der Waals surface area contributed by atoms with E-state index in [1.165, 1.54) is 87.6 Å². The molecular formula is C58H39N. The number of fused-ring (bicyclic) bond motifs is 5. The minimum Gasteiger partial charge on any atom is -0.310 e. The first kappa shape index (κ1) is 34.5. The maximum absolute atomic E-state index is 2.39. The molecule has 276 valence electrons. The molecule has 11 aromatic rings. The van der Waals surface area contributed by atoms with Crippen LogP contribution in [0.5, 0.6) is 0 Å². The lowest BCUT2D eigenvalue weighted by molar-refractivity contribution is 1.29. The highest BCUT2D eigenvalue weighted by Crippen LogP contribution is 2.41. The van der Waals surface area contributed by atoms with Gasteiger partial charge in [0.05, 0.1) is 0 Å². The number of hydrogen-bond acceptors (Lipinski definition) is 1. The zero-order chi connectivity index (χ0) is 39.1. The number of nitrogens with zero attached hydrogens (tertiary/aromatic N) is 1. The van der Waals surface area contributed by atoms with E-state index in [-0.39, 0.29) is 0 Å². The molecule has 0 atom stereocenters. The van der Waals surface area contributed by atoms with Crippen LogP contribution < -0.4 is 4.90 Å². The summed E-state index contributed by atoms with van der Waals surface area (Å²) in [4.78, 5) is 2.39. The van der Waals surface area contributed by atoms with Crippen molar-refractivity contribution in [1.29, 1.82) is 0 Å². The molecule has 1 heteroatoms. The third-order valence-electron chi connectivity index (χ3n) is 11.8. The van der Waals surface area contributed by atoms with Crippen molar-refractivity contribution in [1.82, 2.24) is 0 Å². The topological polar surface area (TPSA) is 3.24 Å². The summed E-state index contributed by atoms with van der Waals surface area (Å²) in [6.45, 7) is 0. The predicted molar refractivity (Wildman–Crippen MR) is 253 cm³/mol. The Bertz CT molecular complexity index is 3310. The Morgan fingerprint density at radius 1 is 0.203 bits per heavy atom. The second-order valence-electron chi connectivity index (χ2n) is 15.4. The number of benzene rings is 11.